The number of pyridine rings is 2. The number of cyclic esters (lactones) is 1. The lowest BCUT2D eigenvalue weighted by Gasteiger charge is -2.31. The van der Waals surface area contributed by atoms with Crippen molar-refractivity contribution in [2.75, 3.05) is 24.7 Å². The molecule has 0 radical (unpaired) electrons. The second-order valence-electron chi connectivity index (χ2n) is 15.8. The molecule has 5 heterocycles. The molecule has 63 heavy (non-hydrogen) atoms. The number of primary amides is 1. The number of amides is 3. The summed E-state index contributed by atoms with van der Waals surface area (Å²) < 4.78 is 20.2. The first kappa shape index (κ1) is 42.5. The van der Waals surface area contributed by atoms with Crippen molar-refractivity contribution in [3.05, 3.63) is 111 Å². The molecule has 2 aliphatic heterocycles. The molecule has 2 aliphatic rings. The number of ether oxygens (including phenoxy) is 3. The van der Waals surface area contributed by atoms with Crippen molar-refractivity contribution in [1.82, 2.24) is 19.4 Å². The summed E-state index contributed by atoms with van der Waals surface area (Å²) in [5.74, 6) is -1.39. The number of nitrogens with one attached hydrogen (secondary N) is 2. The van der Waals surface area contributed by atoms with E-state index in [4.69, 9.17) is 30.3 Å². The Bertz CT molecular complexity index is 2940. The quantitative estimate of drug-likeness (QED) is 0.0369. The van der Waals surface area contributed by atoms with Gasteiger partial charge in [0.2, 0.25) is 0 Å². The highest BCUT2D eigenvalue weighted by molar-refractivity contribution is 6.22. The van der Waals surface area contributed by atoms with Crippen LogP contribution in [0.2, 0.25) is 0 Å². The number of anilines is 1. The number of nitrogens with zero attached hydrogens (tertiary/aromatic N) is 4. The molecule has 17 nitrogen and oxygen atoms in total. The van der Waals surface area contributed by atoms with Gasteiger partial charge < -0.3 is 49.7 Å². The third kappa shape index (κ3) is 7.48. The number of carbonyl (C=O) groups excluding carboxylic acids is 3. The molecular formula is C46H47N7O10. The number of amidine groups is 1. The fourth-order valence-corrected chi connectivity index (χ4v) is 8.50. The van der Waals surface area contributed by atoms with Gasteiger partial charge in [0.05, 0.1) is 53.5 Å². The molecule has 0 bridgehead atoms. The van der Waals surface area contributed by atoms with Gasteiger partial charge >= 0.3 is 18.1 Å². The number of esters is 1. The van der Waals surface area contributed by atoms with Gasteiger partial charge in [-0.3, -0.25) is 10.2 Å². The molecule has 3 amide bonds. The van der Waals surface area contributed by atoms with E-state index in [0.717, 1.165) is 38.4 Å². The zero-order valence-electron chi connectivity index (χ0n) is 35.2. The summed E-state index contributed by atoms with van der Waals surface area (Å²) >= 11 is 0. The van der Waals surface area contributed by atoms with E-state index >= 15 is 0 Å². The van der Waals surface area contributed by atoms with Gasteiger partial charge in [-0.15, -0.1) is 0 Å². The van der Waals surface area contributed by atoms with Gasteiger partial charge in [-0.2, -0.15) is 0 Å². The molecule has 0 saturated heterocycles. The average molecular weight is 858 g/mol. The number of phenolic OH excluding ortho intramolecular Hbond substituents is 2. The van der Waals surface area contributed by atoms with Gasteiger partial charge in [-0.05, 0) is 84.5 Å². The van der Waals surface area contributed by atoms with Crippen LogP contribution in [0.4, 0.5) is 15.3 Å². The Morgan fingerprint density at radius 3 is 2.56 bits per heavy atom. The zero-order chi connectivity index (χ0) is 44.9. The number of aryl methyl sites for hydroxylation is 1. The molecular weight excluding hydrogens is 811 g/mol. The number of hydrogen-bond donors (Lipinski definition) is 6. The van der Waals surface area contributed by atoms with E-state index in [-0.39, 0.29) is 78.2 Å². The van der Waals surface area contributed by atoms with Crippen molar-refractivity contribution in [1.29, 1.82) is 5.41 Å². The van der Waals surface area contributed by atoms with E-state index in [2.05, 4.69) is 5.32 Å². The fraction of sp³-hybridized carbons (Fsp3) is 0.304. The molecule has 17 heteroatoms. The molecule has 8 rings (SSSR count). The molecule has 1 atom stereocenters. The predicted octanol–water partition coefficient (Wildman–Crippen LogP) is 5.85. The number of hydrogen-bond acceptors (Lipinski definition) is 12. The Kier molecular flexibility index (Phi) is 11.2. The number of phenols is 2. The number of aliphatic hydroxyl groups is 1. The molecule has 6 aromatic rings. The normalized spacial score (nSPS) is 15.2. The summed E-state index contributed by atoms with van der Waals surface area (Å²) in [5, 5.41) is 45.0. The van der Waals surface area contributed by atoms with Crippen LogP contribution in [0, 0.1) is 5.41 Å². The second kappa shape index (κ2) is 16.6. The van der Waals surface area contributed by atoms with E-state index in [1.54, 1.807) is 54.0 Å². The van der Waals surface area contributed by atoms with Gasteiger partial charge in [-0.1, -0.05) is 27.7 Å². The highest BCUT2D eigenvalue weighted by Crippen LogP contribution is 2.41. The van der Waals surface area contributed by atoms with Gasteiger partial charge in [0.1, 0.15) is 29.7 Å². The lowest BCUT2D eigenvalue weighted by atomic mass is 9.86. The van der Waals surface area contributed by atoms with E-state index in [9.17, 15) is 34.5 Å². The van der Waals surface area contributed by atoms with Crippen LogP contribution in [0.1, 0.15) is 73.4 Å². The molecule has 0 spiro atoms. The molecule has 0 aliphatic carbocycles. The molecule has 1 unspecified atom stereocenters. The summed E-state index contributed by atoms with van der Waals surface area (Å²) in [5.41, 5.74) is 9.21. The SMILES string of the molecule is CCc1c2c(nc3ccc(OC(=O)NCCOCCn4ccc5cc(N(C(=N)c6cc(C(C)C)c(O)cc6O)C(N)=O)ccc54)cc13)-c1cc3c(c(=O)n1C2)COC(=O)C3(O)CC. The maximum atomic E-state index is 13.7. The molecule has 0 fully saturated rings. The minimum atomic E-state index is -1.92. The average Bonchev–Trinajstić information content (AvgIpc) is 3.83. The first-order chi connectivity index (χ1) is 30.1. The highest BCUT2D eigenvalue weighted by Gasteiger charge is 2.45. The standard InChI is InChI=1S/C46H47N7O10/c1-5-28-30-18-27(8-9-35(30)50-40-32(28)22-52-37(40)20-34-33(42(52)56)23-62-43(57)46(34,60)6-2)63-45(59)49-12-15-61-16-14-51-13-11-25-17-26(7-10-36(25)51)53(44(48)58)41(47)31-19-29(24(3)4)38(54)21-39(31)55/h7-11,13,17-21,24,47,54-55,60H,5-6,12,14-16,22-23H2,1-4H3,(H2,48,58)(H,49,59). The number of urea groups is 1. The third-order valence-corrected chi connectivity index (χ3v) is 11.8. The summed E-state index contributed by atoms with van der Waals surface area (Å²) in [7, 11) is 0. The number of benzene rings is 3. The number of rotatable bonds is 12. The van der Waals surface area contributed by atoms with Gasteiger partial charge in [-0.25, -0.2) is 24.3 Å². The van der Waals surface area contributed by atoms with Crippen molar-refractivity contribution < 1.29 is 43.9 Å². The lowest BCUT2D eigenvalue weighted by Crippen LogP contribution is -2.44. The van der Waals surface area contributed by atoms with Gasteiger partial charge in [0.25, 0.3) is 5.56 Å². The van der Waals surface area contributed by atoms with Crippen molar-refractivity contribution >= 4 is 51.4 Å². The number of carbonyl (C=O) groups is 3. The Morgan fingerprint density at radius 2 is 1.83 bits per heavy atom. The number of fused-ring (bicyclic) bond motifs is 6. The summed E-state index contributed by atoms with van der Waals surface area (Å²) in [6, 6.07) is 15.5. The maximum absolute atomic E-state index is 13.7. The van der Waals surface area contributed by atoms with Crippen LogP contribution in [0.25, 0.3) is 33.2 Å². The first-order valence-corrected chi connectivity index (χ1v) is 20.6. The molecule has 3 aromatic heterocycles. The number of nitrogens with two attached hydrogens (primary N) is 1. The van der Waals surface area contributed by atoms with Crippen LogP contribution in [-0.4, -0.2) is 73.1 Å². The monoisotopic (exact) mass is 857 g/mol. The van der Waals surface area contributed by atoms with E-state index in [1.165, 1.54) is 6.07 Å². The van der Waals surface area contributed by atoms with E-state index < -0.39 is 23.7 Å². The van der Waals surface area contributed by atoms with Crippen LogP contribution < -0.4 is 26.2 Å². The topological polar surface area (TPSA) is 245 Å². The van der Waals surface area contributed by atoms with Crippen LogP contribution >= 0.6 is 0 Å². The van der Waals surface area contributed by atoms with Crippen molar-refractivity contribution in [2.45, 2.75) is 71.8 Å². The zero-order valence-corrected chi connectivity index (χ0v) is 35.2. The van der Waals surface area contributed by atoms with Crippen molar-refractivity contribution in [3.8, 4) is 28.6 Å². The molecule has 7 N–H and O–H groups in total. The minimum absolute atomic E-state index is 0.0466. The van der Waals surface area contributed by atoms with Crippen LogP contribution in [0.5, 0.6) is 17.2 Å². The smallest absolute Gasteiger partial charge is 0.412 e. The third-order valence-electron chi connectivity index (χ3n) is 11.8. The van der Waals surface area contributed by atoms with Crippen LogP contribution in [0.15, 0.2) is 71.7 Å². The van der Waals surface area contributed by atoms with Gasteiger partial charge in [0, 0.05) is 52.8 Å². The predicted molar refractivity (Wildman–Crippen MR) is 233 cm³/mol. The highest BCUT2D eigenvalue weighted by atomic mass is 16.6. The van der Waals surface area contributed by atoms with Gasteiger partial charge in [0.15, 0.2) is 5.60 Å². The largest absolute Gasteiger partial charge is 0.508 e. The lowest BCUT2D eigenvalue weighted by molar-refractivity contribution is -0.172. The summed E-state index contributed by atoms with van der Waals surface area (Å²) in [6.07, 6.45) is 1.85. The fourth-order valence-electron chi connectivity index (χ4n) is 8.50. The summed E-state index contributed by atoms with van der Waals surface area (Å²) in [6.45, 7) is 8.62. The van der Waals surface area contributed by atoms with E-state index in [1.807, 2.05) is 37.6 Å². The number of aromatic nitrogens is 3. The molecule has 326 valence electrons. The Labute approximate surface area is 360 Å². The molecule has 0 saturated carbocycles. The Balaban J connectivity index is 0.872. The second-order valence-corrected chi connectivity index (χ2v) is 15.8. The van der Waals surface area contributed by atoms with Crippen LogP contribution in [-0.2, 0) is 46.0 Å². The first-order valence-electron chi connectivity index (χ1n) is 20.6. The Morgan fingerprint density at radius 1 is 1.03 bits per heavy atom. The maximum Gasteiger partial charge on any atom is 0.412 e. The Hall–Kier alpha value is -7.24. The summed E-state index contributed by atoms with van der Waals surface area (Å²) in [4.78, 5) is 57.5. The van der Waals surface area contributed by atoms with Crippen LogP contribution in [0.3, 0.4) is 0 Å². The van der Waals surface area contributed by atoms with Crippen molar-refractivity contribution in [3.63, 3.8) is 0 Å². The minimum Gasteiger partial charge on any atom is -0.508 e. The van der Waals surface area contributed by atoms with Crippen molar-refractivity contribution in [2.24, 2.45) is 5.73 Å². The molecule has 3 aromatic carbocycles. The van der Waals surface area contributed by atoms with E-state index in [0.29, 0.717) is 53.5 Å². The number of aromatic hydroxyl groups is 2.